The van der Waals surface area contributed by atoms with Crippen LogP contribution in [0.15, 0.2) is 46.9 Å². The van der Waals surface area contributed by atoms with E-state index in [2.05, 4.69) is 10.2 Å². The fourth-order valence-electron chi connectivity index (χ4n) is 2.48. The fraction of sp³-hybridized carbons (Fsp3) is 0.222. The molecule has 0 bridgehead atoms. The van der Waals surface area contributed by atoms with Crippen LogP contribution in [0.25, 0.3) is 11.3 Å². The third-order valence-electron chi connectivity index (χ3n) is 3.84. The Hall–Kier alpha value is -2.60. The van der Waals surface area contributed by atoms with Crippen LogP contribution in [-0.4, -0.2) is 34.6 Å². The van der Waals surface area contributed by atoms with Crippen LogP contribution in [0.4, 0.5) is 4.39 Å². The van der Waals surface area contributed by atoms with Crippen LogP contribution in [-0.2, 0) is 6.42 Å². The van der Waals surface area contributed by atoms with Gasteiger partial charge in [0.25, 0.3) is 5.91 Å². The van der Waals surface area contributed by atoms with Gasteiger partial charge in [-0.2, -0.15) is 5.10 Å². The third-order valence-corrected chi connectivity index (χ3v) is 4.04. The summed E-state index contributed by atoms with van der Waals surface area (Å²) in [6, 6.07) is 11.2. The van der Waals surface area contributed by atoms with Crippen molar-refractivity contribution in [3.05, 3.63) is 65.0 Å². The number of carbonyl (C=O) groups is 1. The van der Waals surface area contributed by atoms with E-state index in [1.165, 1.54) is 12.1 Å². The van der Waals surface area contributed by atoms with E-state index in [0.717, 1.165) is 29.8 Å². The van der Waals surface area contributed by atoms with Crippen molar-refractivity contribution in [1.29, 1.82) is 0 Å². The van der Waals surface area contributed by atoms with Gasteiger partial charge in [0.2, 0.25) is 0 Å². The van der Waals surface area contributed by atoms with Gasteiger partial charge in [-0.1, -0.05) is 0 Å². The van der Waals surface area contributed by atoms with E-state index in [4.69, 9.17) is 16.0 Å². The Bertz CT molecular complexity index is 857. The molecule has 1 aromatic carbocycles. The number of benzene rings is 1. The molecule has 0 saturated heterocycles. The number of rotatable bonds is 6. The summed E-state index contributed by atoms with van der Waals surface area (Å²) in [5.41, 5.74) is 2.58. The average Bonchev–Trinajstić information content (AvgIpc) is 3.24. The first-order chi connectivity index (χ1) is 12.0. The summed E-state index contributed by atoms with van der Waals surface area (Å²) >= 11 is 5.69. The number of amides is 1. The predicted octanol–water partition coefficient (Wildman–Crippen LogP) is 4.17. The second kappa shape index (κ2) is 7.53. The highest BCUT2D eigenvalue weighted by molar-refractivity contribution is 6.29. The summed E-state index contributed by atoms with van der Waals surface area (Å²) in [6.07, 6.45) is 1.51. The van der Waals surface area contributed by atoms with E-state index in [9.17, 15) is 9.18 Å². The Morgan fingerprint density at radius 3 is 2.72 bits per heavy atom. The second-order valence-corrected chi connectivity index (χ2v) is 6.09. The first kappa shape index (κ1) is 17.2. The minimum Gasteiger partial charge on any atom is -0.440 e. The maximum atomic E-state index is 13.0. The number of hydrogen-bond acceptors (Lipinski definition) is 3. The molecule has 3 rings (SSSR count). The number of aryl methyl sites for hydroxylation is 1. The first-order valence-corrected chi connectivity index (χ1v) is 8.22. The molecule has 1 N–H and O–H groups in total. The van der Waals surface area contributed by atoms with Crippen LogP contribution in [0, 0.1) is 5.82 Å². The minimum absolute atomic E-state index is 0.197. The van der Waals surface area contributed by atoms with Gasteiger partial charge in [0.15, 0.2) is 11.0 Å². The standard InChI is InChI=1S/C18H17ClFN3O2/c1-23(18(24)16-8-9-17(19)25-16)10-2-3-14-11-15(22-21-14)12-4-6-13(20)7-5-12/h4-9,11H,2-3,10H2,1H3,(H,21,22). The van der Waals surface area contributed by atoms with Crippen molar-refractivity contribution in [3.8, 4) is 11.3 Å². The van der Waals surface area contributed by atoms with E-state index >= 15 is 0 Å². The highest BCUT2D eigenvalue weighted by Gasteiger charge is 2.15. The van der Waals surface area contributed by atoms with Gasteiger partial charge in [-0.15, -0.1) is 0 Å². The zero-order valence-corrected chi connectivity index (χ0v) is 14.4. The Labute approximate surface area is 149 Å². The zero-order chi connectivity index (χ0) is 17.8. The average molecular weight is 362 g/mol. The normalized spacial score (nSPS) is 10.8. The topological polar surface area (TPSA) is 62.1 Å². The lowest BCUT2D eigenvalue weighted by atomic mass is 10.1. The molecule has 1 amide bonds. The van der Waals surface area contributed by atoms with Gasteiger partial charge in [0, 0.05) is 24.8 Å². The van der Waals surface area contributed by atoms with Gasteiger partial charge in [0.1, 0.15) is 5.82 Å². The van der Waals surface area contributed by atoms with Crippen molar-refractivity contribution < 1.29 is 13.6 Å². The maximum Gasteiger partial charge on any atom is 0.289 e. The Morgan fingerprint density at radius 2 is 2.04 bits per heavy atom. The van der Waals surface area contributed by atoms with E-state index < -0.39 is 0 Å². The molecule has 0 aliphatic rings. The summed E-state index contributed by atoms with van der Waals surface area (Å²) in [7, 11) is 1.72. The number of hydrogen-bond donors (Lipinski definition) is 1. The Kier molecular flexibility index (Phi) is 5.19. The lowest BCUT2D eigenvalue weighted by Crippen LogP contribution is -2.27. The van der Waals surface area contributed by atoms with E-state index in [-0.39, 0.29) is 22.7 Å². The molecule has 130 valence electrons. The number of furan rings is 1. The van der Waals surface area contributed by atoms with Crippen molar-refractivity contribution in [2.24, 2.45) is 0 Å². The molecule has 2 aromatic heterocycles. The molecular formula is C18H17ClFN3O2. The number of nitrogens with one attached hydrogen (secondary N) is 1. The Morgan fingerprint density at radius 1 is 1.28 bits per heavy atom. The minimum atomic E-state index is -0.273. The molecule has 0 atom stereocenters. The lowest BCUT2D eigenvalue weighted by molar-refractivity contribution is 0.0762. The number of H-pyrrole nitrogens is 1. The quantitative estimate of drug-likeness (QED) is 0.716. The molecule has 7 heteroatoms. The van der Waals surface area contributed by atoms with E-state index in [1.807, 2.05) is 6.07 Å². The number of halogens is 2. The molecule has 5 nitrogen and oxygen atoms in total. The third kappa shape index (κ3) is 4.28. The predicted molar refractivity (Wildman–Crippen MR) is 93.0 cm³/mol. The van der Waals surface area contributed by atoms with E-state index in [0.29, 0.717) is 6.54 Å². The summed E-state index contributed by atoms with van der Waals surface area (Å²) in [6.45, 7) is 0.571. The van der Waals surface area contributed by atoms with Gasteiger partial charge in [-0.25, -0.2) is 4.39 Å². The molecule has 0 saturated carbocycles. The highest BCUT2D eigenvalue weighted by atomic mass is 35.5. The lowest BCUT2D eigenvalue weighted by Gasteiger charge is -2.15. The Balaban J connectivity index is 1.52. The molecule has 0 radical (unpaired) electrons. The fourth-order valence-corrected chi connectivity index (χ4v) is 2.63. The summed E-state index contributed by atoms with van der Waals surface area (Å²) in [4.78, 5) is 13.7. The SMILES string of the molecule is CN(CCCc1cc(-c2ccc(F)cc2)n[nH]1)C(=O)c1ccc(Cl)o1. The van der Waals surface area contributed by atoms with Crippen molar-refractivity contribution in [2.45, 2.75) is 12.8 Å². The molecule has 0 aliphatic carbocycles. The second-order valence-electron chi connectivity index (χ2n) is 5.72. The summed E-state index contributed by atoms with van der Waals surface area (Å²) in [5.74, 6) is -0.249. The monoisotopic (exact) mass is 361 g/mol. The van der Waals surface area contributed by atoms with Gasteiger partial charge in [0.05, 0.1) is 5.69 Å². The van der Waals surface area contributed by atoms with Gasteiger partial charge in [-0.3, -0.25) is 9.89 Å². The highest BCUT2D eigenvalue weighted by Crippen LogP contribution is 2.19. The number of aromatic nitrogens is 2. The van der Waals surface area contributed by atoms with Crippen molar-refractivity contribution in [3.63, 3.8) is 0 Å². The van der Waals surface area contributed by atoms with E-state index in [1.54, 1.807) is 36.2 Å². The number of aromatic amines is 1. The van der Waals surface area contributed by atoms with Crippen LogP contribution in [0.5, 0.6) is 0 Å². The zero-order valence-electron chi connectivity index (χ0n) is 13.6. The maximum absolute atomic E-state index is 13.0. The molecule has 0 fully saturated rings. The van der Waals surface area contributed by atoms with Crippen LogP contribution >= 0.6 is 11.6 Å². The molecule has 3 aromatic rings. The van der Waals surface area contributed by atoms with Gasteiger partial charge < -0.3 is 9.32 Å². The van der Waals surface area contributed by atoms with Crippen molar-refractivity contribution in [2.75, 3.05) is 13.6 Å². The smallest absolute Gasteiger partial charge is 0.289 e. The van der Waals surface area contributed by atoms with Gasteiger partial charge in [-0.05, 0) is 66.9 Å². The molecule has 0 spiro atoms. The number of nitrogens with zero attached hydrogens (tertiary/aromatic N) is 2. The van der Waals surface area contributed by atoms with Crippen molar-refractivity contribution in [1.82, 2.24) is 15.1 Å². The van der Waals surface area contributed by atoms with Crippen LogP contribution < -0.4 is 0 Å². The first-order valence-electron chi connectivity index (χ1n) is 7.84. The number of carbonyl (C=O) groups excluding carboxylic acids is 1. The summed E-state index contributed by atoms with van der Waals surface area (Å²) in [5, 5.41) is 7.41. The largest absolute Gasteiger partial charge is 0.440 e. The molecular weight excluding hydrogens is 345 g/mol. The molecule has 2 heterocycles. The van der Waals surface area contributed by atoms with Crippen LogP contribution in [0.1, 0.15) is 22.7 Å². The molecule has 25 heavy (non-hydrogen) atoms. The van der Waals surface area contributed by atoms with Crippen molar-refractivity contribution >= 4 is 17.5 Å². The van der Waals surface area contributed by atoms with Crippen LogP contribution in [0.2, 0.25) is 5.22 Å². The molecule has 0 unspecified atom stereocenters. The summed E-state index contributed by atoms with van der Waals surface area (Å²) < 4.78 is 18.1. The molecule has 0 aliphatic heterocycles. The van der Waals surface area contributed by atoms with Gasteiger partial charge >= 0.3 is 0 Å². The van der Waals surface area contributed by atoms with Crippen LogP contribution in [0.3, 0.4) is 0 Å².